The summed E-state index contributed by atoms with van der Waals surface area (Å²) in [5.74, 6) is 0.120. The summed E-state index contributed by atoms with van der Waals surface area (Å²) in [6, 6.07) is 4.59. The molecular weight excluding hydrogens is 265 g/mol. The molecule has 1 heterocycles. The third kappa shape index (κ3) is 2.56. The number of ether oxygens (including phenoxy) is 1. The van der Waals surface area contributed by atoms with Crippen LogP contribution in [-0.4, -0.2) is 5.16 Å². The van der Waals surface area contributed by atoms with Crippen LogP contribution in [0.5, 0.6) is 5.75 Å². The van der Waals surface area contributed by atoms with E-state index >= 15 is 0 Å². The maximum Gasteiger partial charge on any atom is 0.141 e. The number of rotatable bonds is 3. The molecule has 0 radical (unpaired) electrons. The Hall–Kier alpha value is -1.36. The summed E-state index contributed by atoms with van der Waals surface area (Å²) in [6.45, 7) is 0.310. The third-order valence-corrected chi connectivity index (χ3v) is 2.42. The highest BCUT2D eigenvalue weighted by Crippen LogP contribution is 2.21. The van der Waals surface area contributed by atoms with Gasteiger partial charge in [0.2, 0.25) is 0 Å². The topological polar surface area (TPSA) is 35.3 Å². The van der Waals surface area contributed by atoms with E-state index in [1.165, 1.54) is 12.3 Å². The minimum absolute atomic E-state index is 0.310. The molecule has 5 heteroatoms. The van der Waals surface area contributed by atoms with Gasteiger partial charge in [0, 0.05) is 11.6 Å². The molecule has 0 spiro atoms. The van der Waals surface area contributed by atoms with E-state index in [1.54, 1.807) is 18.3 Å². The zero-order valence-corrected chi connectivity index (χ0v) is 9.20. The van der Waals surface area contributed by atoms with Gasteiger partial charge in [-0.2, -0.15) is 0 Å². The van der Waals surface area contributed by atoms with Crippen molar-refractivity contribution in [3.63, 3.8) is 0 Å². The molecule has 0 saturated carbocycles. The SMILES string of the molecule is Fc1cc(OCc2cnoc2)ccc1Br. The molecule has 0 unspecified atom stereocenters. The molecule has 0 atom stereocenters. The van der Waals surface area contributed by atoms with Gasteiger partial charge in [0.05, 0.1) is 10.7 Å². The first-order chi connectivity index (χ1) is 7.25. The zero-order valence-electron chi connectivity index (χ0n) is 7.61. The number of aromatic nitrogens is 1. The smallest absolute Gasteiger partial charge is 0.141 e. The first-order valence-electron chi connectivity index (χ1n) is 4.22. The maximum atomic E-state index is 13.1. The van der Waals surface area contributed by atoms with Crippen molar-refractivity contribution in [3.8, 4) is 5.75 Å². The van der Waals surface area contributed by atoms with Crippen molar-refractivity contribution >= 4 is 15.9 Å². The first-order valence-corrected chi connectivity index (χ1v) is 5.01. The van der Waals surface area contributed by atoms with Crippen LogP contribution in [0, 0.1) is 5.82 Å². The van der Waals surface area contributed by atoms with E-state index in [-0.39, 0.29) is 5.82 Å². The van der Waals surface area contributed by atoms with E-state index in [0.29, 0.717) is 16.8 Å². The lowest BCUT2D eigenvalue weighted by molar-refractivity contribution is 0.302. The number of halogens is 2. The molecule has 0 saturated heterocycles. The van der Waals surface area contributed by atoms with E-state index in [0.717, 1.165) is 5.56 Å². The molecule has 78 valence electrons. The van der Waals surface area contributed by atoms with Crippen LogP contribution < -0.4 is 4.74 Å². The maximum absolute atomic E-state index is 13.1. The molecule has 0 fully saturated rings. The van der Waals surface area contributed by atoms with Crippen LogP contribution in [0.25, 0.3) is 0 Å². The van der Waals surface area contributed by atoms with Crippen LogP contribution in [0.4, 0.5) is 4.39 Å². The summed E-state index contributed by atoms with van der Waals surface area (Å²) in [6.07, 6.45) is 3.03. The Balaban J connectivity index is 2.02. The fourth-order valence-corrected chi connectivity index (χ4v) is 1.28. The molecule has 1 aromatic heterocycles. The van der Waals surface area contributed by atoms with Crippen molar-refractivity contribution in [3.05, 3.63) is 46.5 Å². The van der Waals surface area contributed by atoms with Gasteiger partial charge in [-0.25, -0.2) is 4.39 Å². The summed E-state index contributed by atoms with van der Waals surface area (Å²) in [5, 5.41) is 3.53. The van der Waals surface area contributed by atoms with E-state index in [2.05, 4.69) is 25.6 Å². The number of nitrogens with zero attached hydrogens (tertiary/aromatic N) is 1. The molecule has 0 aliphatic heterocycles. The van der Waals surface area contributed by atoms with Crippen LogP contribution in [0.2, 0.25) is 0 Å². The fraction of sp³-hybridized carbons (Fsp3) is 0.100. The highest BCUT2D eigenvalue weighted by atomic mass is 79.9. The molecule has 15 heavy (non-hydrogen) atoms. The lowest BCUT2D eigenvalue weighted by atomic mass is 10.3. The van der Waals surface area contributed by atoms with Gasteiger partial charge >= 0.3 is 0 Å². The van der Waals surface area contributed by atoms with E-state index in [4.69, 9.17) is 4.74 Å². The van der Waals surface area contributed by atoms with Gasteiger partial charge in [-0.05, 0) is 28.1 Å². The van der Waals surface area contributed by atoms with Gasteiger partial charge in [-0.1, -0.05) is 5.16 Å². The highest BCUT2D eigenvalue weighted by molar-refractivity contribution is 9.10. The van der Waals surface area contributed by atoms with Crippen molar-refractivity contribution in [2.24, 2.45) is 0 Å². The van der Waals surface area contributed by atoms with Crippen molar-refractivity contribution in [2.75, 3.05) is 0 Å². The number of benzene rings is 1. The van der Waals surface area contributed by atoms with Gasteiger partial charge < -0.3 is 9.26 Å². The largest absolute Gasteiger partial charge is 0.489 e. The van der Waals surface area contributed by atoms with E-state index in [1.807, 2.05) is 0 Å². The molecular formula is C10H7BrFNO2. The molecule has 0 N–H and O–H groups in total. The summed E-state index contributed by atoms with van der Waals surface area (Å²) >= 11 is 3.06. The van der Waals surface area contributed by atoms with Crippen molar-refractivity contribution in [2.45, 2.75) is 6.61 Å². The van der Waals surface area contributed by atoms with Gasteiger partial charge in [-0.15, -0.1) is 0 Å². The Morgan fingerprint density at radius 3 is 3.00 bits per heavy atom. The minimum Gasteiger partial charge on any atom is -0.489 e. The predicted octanol–water partition coefficient (Wildman–Crippen LogP) is 3.16. The number of hydrogen-bond donors (Lipinski definition) is 0. The van der Waals surface area contributed by atoms with Crippen LogP contribution in [-0.2, 0) is 6.61 Å². The van der Waals surface area contributed by atoms with E-state index < -0.39 is 0 Å². The quantitative estimate of drug-likeness (QED) is 0.860. The van der Waals surface area contributed by atoms with Crippen LogP contribution in [0.1, 0.15) is 5.56 Å². The van der Waals surface area contributed by atoms with Gasteiger partial charge in [-0.3, -0.25) is 0 Å². The lowest BCUT2D eigenvalue weighted by Crippen LogP contribution is -1.94. The Labute approximate surface area is 94.0 Å². The molecule has 0 aliphatic carbocycles. The van der Waals surface area contributed by atoms with Crippen LogP contribution in [0.3, 0.4) is 0 Å². The van der Waals surface area contributed by atoms with Crippen molar-refractivity contribution < 1.29 is 13.7 Å². The Bertz CT molecular complexity index is 445. The monoisotopic (exact) mass is 271 g/mol. The average molecular weight is 272 g/mol. The molecule has 0 aliphatic rings. The molecule has 1 aromatic carbocycles. The normalized spacial score (nSPS) is 10.3. The van der Waals surface area contributed by atoms with Gasteiger partial charge in [0.1, 0.15) is 24.4 Å². The Morgan fingerprint density at radius 2 is 2.33 bits per heavy atom. The molecule has 0 amide bonds. The zero-order chi connectivity index (χ0) is 10.7. The second-order valence-electron chi connectivity index (χ2n) is 2.90. The molecule has 3 nitrogen and oxygen atoms in total. The predicted molar refractivity (Wildman–Crippen MR) is 54.9 cm³/mol. The summed E-state index contributed by atoms with van der Waals surface area (Å²) in [7, 11) is 0. The summed E-state index contributed by atoms with van der Waals surface area (Å²) in [5.41, 5.74) is 0.804. The second kappa shape index (κ2) is 4.44. The Kier molecular flexibility index (Phi) is 3.01. The van der Waals surface area contributed by atoms with Crippen LogP contribution >= 0.6 is 15.9 Å². The Morgan fingerprint density at radius 1 is 1.47 bits per heavy atom. The highest BCUT2D eigenvalue weighted by Gasteiger charge is 2.02. The first kappa shape index (κ1) is 10.2. The lowest BCUT2D eigenvalue weighted by Gasteiger charge is -2.04. The van der Waals surface area contributed by atoms with Crippen molar-refractivity contribution in [1.29, 1.82) is 0 Å². The van der Waals surface area contributed by atoms with Crippen molar-refractivity contribution in [1.82, 2.24) is 5.16 Å². The summed E-state index contributed by atoms with van der Waals surface area (Å²) < 4.78 is 23.5. The van der Waals surface area contributed by atoms with Crippen LogP contribution in [0.15, 0.2) is 39.7 Å². The number of hydrogen-bond acceptors (Lipinski definition) is 3. The van der Waals surface area contributed by atoms with E-state index in [9.17, 15) is 4.39 Å². The summed E-state index contributed by atoms with van der Waals surface area (Å²) in [4.78, 5) is 0. The minimum atomic E-state index is -0.349. The second-order valence-corrected chi connectivity index (χ2v) is 3.75. The molecule has 2 rings (SSSR count). The average Bonchev–Trinajstić information content (AvgIpc) is 2.73. The standard InChI is InChI=1S/C10H7BrFNO2/c11-9-2-1-8(3-10(9)12)14-5-7-4-13-15-6-7/h1-4,6H,5H2. The third-order valence-electron chi connectivity index (χ3n) is 1.78. The van der Waals surface area contributed by atoms with Gasteiger partial charge in [0.15, 0.2) is 0 Å². The fourth-order valence-electron chi connectivity index (χ4n) is 1.03. The molecule has 0 bridgehead atoms. The van der Waals surface area contributed by atoms with Gasteiger partial charge in [0.25, 0.3) is 0 Å². The molecule has 2 aromatic rings.